The SMILES string of the molecule is Cc1cnc2c(S(=O)(=O)N3CCN(C(=O)Cc4ccc(NC(=O)c5ccc(Br)cc5)cc4)CC3)cccc2c1. The summed E-state index contributed by atoms with van der Waals surface area (Å²) in [4.78, 5) is 31.6. The molecule has 0 unspecified atom stereocenters. The highest BCUT2D eigenvalue weighted by molar-refractivity contribution is 9.10. The van der Waals surface area contributed by atoms with Gasteiger partial charge in [-0.25, -0.2) is 8.42 Å². The van der Waals surface area contributed by atoms with Crippen LogP contribution in [0.3, 0.4) is 0 Å². The first kappa shape index (κ1) is 27.0. The minimum Gasteiger partial charge on any atom is -0.340 e. The van der Waals surface area contributed by atoms with Gasteiger partial charge in [0.25, 0.3) is 5.91 Å². The Labute approximate surface area is 235 Å². The third-order valence-corrected chi connectivity index (χ3v) is 9.15. The van der Waals surface area contributed by atoms with Crippen LogP contribution in [0, 0.1) is 6.92 Å². The number of nitrogens with zero attached hydrogens (tertiary/aromatic N) is 3. The van der Waals surface area contributed by atoms with Gasteiger partial charge in [-0.3, -0.25) is 14.6 Å². The van der Waals surface area contributed by atoms with Crippen LogP contribution < -0.4 is 5.32 Å². The first-order valence-corrected chi connectivity index (χ1v) is 14.7. The van der Waals surface area contributed by atoms with E-state index in [-0.39, 0.29) is 36.2 Å². The molecule has 3 aromatic carbocycles. The molecule has 1 aromatic heterocycles. The molecule has 0 bridgehead atoms. The second kappa shape index (κ2) is 11.3. The van der Waals surface area contributed by atoms with E-state index in [4.69, 9.17) is 0 Å². The fraction of sp³-hybridized carbons (Fsp3) is 0.207. The van der Waals surface area contributed by atoms with Crippen LogP contribution in [0.25, 0.3) is 10.9 Å². The molecular formula is C29H27BrN4O4S. The lowest BCUT2D eigenvalue weighted by Gasteiger charge is -2.34. The Bertz CT molecular complexity index is 1630. The minimum absolute atomic E-state index is 0.0685. The molecule has 0 radical (unpaired) electrons. The highest BCUT2D eigenvalue weighted by atomic mass is 79.9. The first-order chi connectivity index (χ1) is 18.7. The molecule has 4 aromatic rings. The summed E-state index contributed by atoms with van der Waals surface area (Å²) >= 11 is 3.35. The van der Waals surface area contributed by atoms with E-state index in [1.165, 1.54) is 4.31 Å². The van der Waals surface area contributed by atoms with Crippen molar-refractivity contribution in [3.63, 3.8) is 0 Å². The van der Waals surface area contributed by atoms with Gasteiger partial charge in [0, 0.05) is 53.5 Å². The Hall–Kier alpha value is -3.60. The van der Waals surface area contributed by atoms with Crippen molar-refractivity contribution in [2.75, 3.05) is 31.5 Å². The summed E-state index contributed by atoms with van der Waals surface area (Å²) in [5.74, 6) is -0.283. The van der Waals surface area contributed by atoms with Crippen molar-refractivity contribution >= 4 is 54.4 Å². The topological polar surface area (TPSA) is 99.7 Å². The van der Waals surface area contributed by atoms with E-state index in [0.717, 1.165) is 21.0 Å². The number of amides is 2. The van der Waals surface area contributed by atoms with Gasteiger partial charge in [0.2, 0.25) is 15.9 Å². The van der Waals surface area contributed by atoms with Gasteiger partial charge in [0.1, 0.15) is 4.90 Å². The summed E-state index contributed by atoms with van der Waals surface area (Å²) in [6.07, 6.45) is 1.86. The molecule has 8 nitrogen and oxygen atoms in total. The fourth-order valence-corrected chi connectivity index (χ4v) is 6.42. The normalized spacial score (nSPS) is 14.4. The van der Waals surface area contributed by atoms with E-state index in [1.54, 1.807) is 59.6 Å². The number of sulfonamides is 1. The van der Waals surface area contributed by atoms with Crippen LogP contribution in [0.1, 0.15) is 21.5 Å². The molecular weight excluding hydrogens is 580 g/mol. The van der Waals surface area contributed by atoms with Gasteiger partial charge in [-0.1, -0.05) is 40.2 Å². The molecule has 0 aliphatic carbocycles. The lowest BCUT2D eigenvalue weighted by atomic mass is 10.1. The van der Waals surface area contributed by atoms with Crippen molar-refractivity contribution in [2.45, 2.75) is 18.2 Å². The Balaban J connectivity index is 1.18. The predicted octanol–water partition coefficient (Wildman–Crippen LogP) is 4.63. The second-order valence-corrected chi connectivity index (χ2v) is 12.3. The van der Waals surface area contributed by atoms with Crippen LogP contribution in [0.5, 0.6) is 0 Å². The molecule has 5 rings (SSSR count). The number of para-hydroxylation sites is 1. The standard InChI is InChI=1S/C29H27BrN4O4S/c1-20-17-23-3-2-4-26(28(23)31-19-20)39(37,38)34-15-13-33(14-16-34)27(35)18-21-5-11-25(12-6-21)32-29(36)22-7-9-24(30)10-8-22/h2-12,17,19H,13-16,18H2,1H3,(H,32,36). The predicted molar refractivity (Wildman–Crippen MR) is 154 cm³/mol. The van der Waals surface area contributed by atoms with Gasteiger partial charge in [-0.15, -0.1) is 0 Å². The summed E-state index contributed by atoms with van der Waals surface area (Å²) in [5, 5.41) is 3.63. The molecule has 2 amide bonds. The molecule has 39 heavy (non-hydrogen) atoms. The molecule has 1 aliphatic heterocycles. The quantitative estimate of drug-likeness (QED) is 0.345. The number of aromatic nitrogens is 1. The van der Waals surface area contributed by atoms with E-state index in [2.05, 4.69) is 26.2 Å². The monoisotopic (exact) mass is 606 g/mol. The van der Waals surface area contributed by atoms with Gasteiger partial charge in [-0.05, 0) is 66.6 Å². The average Bonchev–Trinajstić information content (AvgIpc) is 2.94. The first-order valence-electron chi connectivity index (χ1n) is 12.5. The van der Waals surface area contributed by atoms with Gasteiger partial charge in [-0.2, -0.15) is 4.31 Å². The number of hydrogen-bond acceptors (Lipinski definition) is 5. The third kappa shape index (κ3) is 6.03. The lowest BCUT2D eigenvalue weighted by molar-refractivity contribution is -0.131. The second-order valence-electron chi connectivity index (χ2n) is 9.46. The fourth-order valence-electron chi connectivity index (χ4n) is 4.56. The molecule has 200 valence electrons. The van der Waals surface area contributed by atoms with Crippen molar-refractivity contribution in [3.05, 3.63) is 100 Å². The van der Waals surface area contributed by atoms with Crippen LogP contribution in [-0.2, 0) is 21.2 Å². The summed E-state index contributed by atoms with van der Waals surface area (Å²) < 4.78 is 29.2. The molecule has 0 spiro atoms. The Kier molecular flexibility index (Phi) is 7.79. The molecule has 2 heterocycles. The van der Waals surface area contributed by atoms with Crippen molar-refractivity contribution in [3.8, 4) is 0 Å². The number of rotatable bonds is 6. The Morgan fingerprint density at radius 1 is 0.949 bits per heavy atom. The van der Waals surface area contributed by atoms with Gasteiger partial charge >= 0.3 is 0 Å². The van der Waals surface area contributed by atoms with Crippen LogP contribution in [0.15, 0.2) is 88.4 Å². The number of hydrogen-bond donors (Lipinski definition) is 1. The van der Waals surface area contributed by atoms with Gasteiger partial charge in [0.15, 0.2) is 0 Å². The number of anilines is 1. The van der Waals surface area contributed by atoms with Crippen LogP contribution in [-0.4, -0.2) is 60.6 Å². The Morgan fingerprint density at radius 2 is 1.64 bits per heavy atom. The average molecular weight is 608 g/mol. The van der Waals surface area contributed by atoms with Crippen molar-refractivity contribution in [1.29, 1.82) is 0 Å². The maximum Gasteiger partial charge on any atom is 0.255 e. The van der Waals surface area contributed by atoms with E-state index in [1.807, 2.05) is 31.2 Å². The highest BCUT2D eigenvalue weighted by Crippen LogP contribution is 2.26. The Morgan fingerprint density at radius 3 is 2.33 bits per heavy atom. The number of carbonyl (C=O) groups excluding carboxylic acids is 2. The summed E-state index contributed by atoms with van der Waals surface area (Å²) in [6.45, 7) is 2.99. The molecule has 1 N–H and O–H groups in total. The zero-order valence-electron chi connectivity index (χ0n) is 21.3. The van der Waals surface area contributed by atoms with Crippen LogP contribution in [0.2, 0.25) is 0 Å². The van der Waals surface area contributed by atoms with Gasteiger partial charge in [0.05, 0.1) is 11.9 Å². The molecule has 1 saturated heterocycles. The summed E-state index contributed by atoms with van der Waals surface area (Å²) in [5.41, 5.74) is 3.41. The number of benzene rings is 3. The molecule has 0 saturated carbocycles. The zero-order chi connectivity index (χ0) is 27.6. The number of pyridine rings is 1. The molecule has 10 heteroatoms. The number of carbonyl (C=O) groups is 2. The lowest BCUT2D eigenvalue weighted by Crippen LogP contribution is -2.50. The molecule has 1 fully saturated rings. The smallest absolute Gasteiger partial charge is 0.255 e. The summed E-state index contributed by atoms with van der Waals surface area (Å²) in [6, 6.07) is 21.3. The number of halogens is 1. The highest BCUT2D eigenvalue weighted by Gasteiger charge is 2.31. The van der Waals surface area contributed by atoms with E-state index >= 15 is 0 Å². The maximum absolute atomic E-state index is 13.4. The van der Waals surface area contributed by atoms with Crippen molar-refractivity contribution in [2.24, 2.45) is 0 Å². The van der Waals surface area contributed by atoms with Crippen LogP contribution >= 0.6 is 15.9 Å². The van der Waals surface area contributed by atoms with Crippen molar-refractivity contribution < 1.29 is 18.0 Å². The maximum atomic E-state index is 13.4. The number of nitrogens with one attached hydrogen (secondary N) is 1. The molecule has 1 aliphatic rings. The number of fused-ring (bicyclic) bond motifs is 1. The number of piperazine rings is 1. The molecule has 0 atom stereocenters. The van der Waals surface area contributed by atoms with E-state index in [9.17, 15) is 18.0 Å². The van der Waals surface area contributed by atoms with Gasteiger partial charge < -0.3 is 10.2 Å². The van der Waals surface area contributed by atoms with Crippen molar-refractivity contribution in [1.82, 2.24) is 14.2 Å². The summed E-state index contributed by atoms with van der Waals surface area (Å²) in [7, 11) is -3.75. The number of aryl methyl sites for hydroxylation is 1. The minimum atomic E-state index is -3.75. The third-order valence-electron chi connectivity index (χ3n) is 6.69. The van der Waals surface area contributed by atoms with E-state index in [0.29, 0.717) is 29.9 Å². The van der Waals surface area contributed by atoms with E-state index < -0.39 is 10.0 Å². The van der Waals surface area contributed by atoms with Crippen LogP contribution in [0.4, 0.5) is 5.69 Å². The largest absolute Gasteiger partial charge is 0.340 e. The zero-order valence-corrected chi connectivity index (χ0v) is 23.7.